The Bertz CT molecular complexity index is 788. The van der Waals surface area contributed by atoms with Gasteiger partial charge in [-0.15, -0.1) is 0 Å². The Morgan fingerprint density at radius 3 is 2.40 bits per heavy atom. The van der Waals surface area contributed by atoms with E-state index in [9.17, 15) is 0 Å². The van der Waals surface area contributed by atoms with E-state index in [1.165, 1.54) is 16.7 Å². The molecule has 2 aromatic rings. The summed E-state index contributed by atoms with van der Waals surface area (Å²) in [5.74, 6) is 1.67. The van der Waals surface area contributed by atoms with Gasteiger partial charge >= 0.3 is 0 Å². The van der Waals surface area contributed by atoms with Gasteiger partial charge in [-0.1, -0.05) is 36.4 Å². The standard InChI is InChI=1S/C24H36N4O2/c1-6-25-24(26-16-20-8-10-21(11-9-20)18-28(3)4)27-17-22-12-7-19(2)15-23(22)30-14-13-29-5/h7-12,15H,6,13-14,16-18H2,1-5H3,(H2,25,26,27). The molecule has 0 saturated heterocycles. The predicted molar refractivity (Wildman–Crippen MR) is 124 cm³/mol. The molecule has 0 saturated carbocycles. The lowest BCUT2D eigenvalue weighted by Crippen LogP contribution is -2.36. The van der Waals surface area contributed by atoms with Gasteiger partial charge in [0.05, 0.1) is 13.2 Å². The zero-order valence-corrected chi connectivity index (χ0v) is 19.0. The van der Waals surface area contributed by atoms with Crippen molar-refractivity contribution in [3.8, 4) is 5.75 Å². The van der Waals surface area contributed by atoms with E-state index in [2.05, 4.69) is 85.9 Å². The third-order valence-corrected chi connectivity index (χ3v) is 4.50. The first-order chi connectivity index (χ1) is 14.5. The highest BCUT2D eigenvalue weighted by Crippen LogP contribution is 2.20. The Hall–Kier alpha value is -2.57. The average molecular weight is 413 g/mol. The van der Waals surface area contributed by atoms with Gasteiger partial charge in [-0.05, 0) is 50.7 Å². The number of methoxy groups -OCH3 is 1. The summed E-state index contributed by atoms with van der Waals surface area (Å²) in [6.07, 6.45) is 0. The van der Waals surface area contributed by atoms with Crippen molar-refractivity contribution >= 4 is 5.96 Å². The molecule has 0 aliphatic rings. The molecule has 0 spiro atoms. The van der Waals surface area contributed by atoms with Crippen LogP contribution in [-0.2, 0) is 24.4 Å². The van der Waals surface area contributed by atoms with E-state index >= 15 is 0 Å². The van der Waals surface area contributed by atoms with E-state index in [0.717, 1.165) is 30.4 Å². The molecule has 2 aromatic carbocycles. The van der Waals surface area contributed by atoms with Gasteiger partial charge in [0.15, 0.2) is 5.96 Å². The molecule has 0 bridgehead atoms. The molecule has 0 amide bonds. The first kappa shape index (κ1) is 23.7. The number of nitrogens with one attached hydrogen (secondary N) is 2. The van der Waals surface area contributed by atoms with E-state index < -0.39 is 0 Å². The number of guanidine groups is 1. The number of benzene rings is 2. The number of ether oxygens (including phenoxy) is 2. The predicted octanol–water partition coefficient (Wildman–Crippen LogP) is 3.34. The molecular formula is C24H36N4O2. The van der Waals surface area contributed by atoms with Crippen LogP contribution in [0, 0.1) is 6.92 Å². The van der Waals surface area contributed by atoms with Crippen molar-refractivity contribution in [1.29, 1.82) is 0 Å². The lowest BCUT2D eigenvalue weighted by molar-refractivity contribution is 0.145. The molecule has 6 heteroatoms. The number of hydrogen-bond acceptors (Lipinski definition) is 4. The lowest BCUT2D eigenvalue weighted by atomic mass is 10.1. The van der Waals surface area contributed by atoms with Crippen LogP contribution in [0.2, 0.25) is 0 Å². The molecule has 0 atom stereocenters. The largest absolute Gasteiger partial charge is 0.491 e. The monoisotopic (exact) mass is 412 g/mol. The maximum Gasteiger partial charge on any atom is 0.191 e. The summed E-state index contributed by atoms with van der Waals surface area (Å²) < 4.78 is 11.0. The van der Waals surface area contributed by atoms with Crippen molar-refractivity contribution in [2.45, 2.75) is 33.5 Å². The first-order valence-electron chi connectivity index (χ1n) is 10.5. The van der Waals surface area contributed by atoms with Gasteiger partial charge in [-0.25, -0.2) is 4.99 Å². The molecule has 0 aliphatic heterocycles. The number of nitrogens with zero attached hydrogens (tertiary/aromatic N) is 2. The minimum absolute atomic E-state index is 0.533. The van der Waals surface area contributed by atoms with Crippen molar-refractivity contribution < 1.29 is 9.47 Å². The van der Waals surface area contributed by atoms with Crippen molar-refractivity contribution in [3.05, 3.63) is 64.7 Å². The topological polar surface area (TPSA) is 58.1 Å². The summed E-state index contributed by atoms with van der Waals surface area (Å²) in [6.45, 7) is 8.24. The smallest absolute Gasteiger partial charge is 0.191 e. The summed E-state index contributed by atoms with van der Waals surface area (Å²) in [7, 11) is 5.83. The van der Waals surface area contributed by atoms with Gasteiger partial charge < -0.3 is 25.0 Å². The van der Waals surface area contributed by atoms with Crippen molar-refractivity contribution in [3.63, 3.8) is 0 Å². The fourth-order valence-corrected chi connectivity index (χ4v) is 2.98. The Morgan fingerprint density at radius 1 is 1.00 bits per heavy atom. The van der Waals surface area contributed by atoms with Crippen LogP contribution < -0.4 is 15.4 Å². The third kappa shape index (κ3) is 8.43. The summed E-state index contributed by atoms with van der Waals surface area (Å²) >= 11 is 0. The van der Waals surface area contributed by atoms with E-state index in [0.29, 0.717) is 26.3 Å². The zero-order valence-electron chi connectivity index (χ0n) is 19.0. The van der Waals surface area contributed by atoms with Gasteiger partial charge in [0.25, 0.3) is 0 Å². The number of rotatable bonds is 11. The Kier molecular flexibility index (Phi) is 10.2. The van der Waals surface area contributed by atoms with Crippen LogP contribution in [0.15, 0.2) is 47.5 Å². The normalized spacial score (nSPS) is 11.6. The van der Waals surface area contributed by atoms with Gasteiger partial charge in [0.2, 0.25) is 0 Å². The minimum atomic E-state index is 0.533. The minimum Gasteiger partial charge on any atom is -0.491 e. The molecule has 0 aromatic heterocycles. The third-order valence-electron chi connectivity index (χ3n) is 4.50. The Labute approximate surface area is 181 Å². The van der Waals surface area contributed by atoms with Crippen molar-refractivity contribution in [1.82, 2.24) is 15.5 Å². The van der Waals surface area contributed by atoms with Crippen molar-refractivity contribution in [2.75, 3.05) is 41.0 Å². The Balaban J connectivity index is 2.00. The maximum absolute atomic E-state index is 5.89. The summed E-state index contributed by atoms with van der Waals surface area (Å²) in [5.41, 5.74) is 4.76. The van der Waals surface area contributed by atoms with E-state index in [1.807, 2.05) is 0 Å². The van der Waals surface area contributed by atoms with Gasteiger partial charge in [0, 0.05) is 32.3 Å². The number of hydrogen-bond donors (Lipinski definition) is 2. The highest BCUT2D eigenvalue weighted by molar-refractivity contribution is 5.79. The molecule has 6 nitrogen and oxygen atoms in total. The molecule has 0 heterocycles. The van der Waals surface area contributed by atoms with Crippen LogP contribution in [0.3, 0.4) is 0 Å². The molecule has 2 rings (SSSR count). The van der Waals surface area contributed by atoms with Crippen LogP contribution in [0.5, 0.6) is 5.75 Å². The molecule has 0 unspecified atom stereocenters. The fourth-order valence-electron chi connectivity index (χ4n) is 2.98. The van der Waals surface area contributed by atoms with Crippen LogP contribution in [0.1, 0.15) is 29.2 Å². The molecule has 164 valence electrons. The first-order valence-corrected chi connectivity index (χ1v) is 10.5. The van der Waals surface area contributed by atoms with Crippen LogP contribution in [-0.4, -0.2) is 51.8 Å². The molecule has 2 N–H and O–H groups in total. The summed E-state index contributed by atoms with van der Waals surface area (Å²) in [5, 5.41) is 6.73. The van der Waals surface area contributed by atoms with E-state index in [4.69, 9.17) is 14.5 Å². The highest BCUT2D eigenvalue weighted by atomic mass is 16.5. The Morgan fingerprint density at radius 2 is 1.73 bits per heavy atom. The van der Waals surface area contributed by atoms with Gasteiger partial charge in [0.1, 0.15) is 12.4 Å². The van der Waals surface area contributed by atoms with E-state index in [1.54, 1.807) is 7.11 Å². The number of aliphatic imine (C=N–C) groups is 1. The number of aryl methyl sites for hydroxylation is 1. The SMILES string of the molecule is CCNC(=NCc1ccc(CN(C)C)cc1)NCc1ccc(C)cc1OCCOC. The molecule has 0 aliphatic carbocycles. The van der Waals surface area contributed by atoms with Crippen LogP contribution in [0.4, 0.5) is 0 Å². The summed E-state index contributed by atoms with van der Waals surface area (Å²) in [4.78, 5) is 6.90. The van der Waals surface area contributed by atoms with E-state index in [-0.39, 0.29) is 0 Å². The van der Waals surface area contributed by atoms with Crippen molar-refractivity contribution in [2.24, 2.45) is 4.99 Å². The van der Waals surface area contributed by atoms with Crippen LogP contribution in [0.25, 0.3) is 0 Å². The lowest BCUT2D eigenvalue weighted by Gasteiger charge is -2.15. The fraction of sp³-hybridized carbons (Fsp3) is 0.458. The summed E-state index contributed by atoms with van der Waals surface area (Å²) in [6, 6.07) is 14.9. The van der Waals surface area contributed by atoms with Gasteiger partial charge in [-0.3, -0.25) is 0 Å². The highest BCUT2D eigenvalue weighted by Gasteiger charge is 2.06. The molecular weight excluding hydrogens is 376 g/mol. The zero-order chi connectivity index (χ0) is 21.8. The maximum atomic E-state index is 5.89. The second-order valence-corrected chi connectivity index (χ2v) is 7.56. The quantitative estimate of drug-likeness (QED) is 0.337. The average Bonchev–Trinajstić information content (AvgIpc) is 2.72. The molecule has 30 heavy (non-hydrogen) atoms. The molecule has 0 fully saturated rings. The van der Waals surface area contributed by atoms with Crippen LogP contribution >= 0.6 is 0 Å². The molecule has 0 radical (unpaired) electrons. The van der Waals surface area contributed by atoms with Gasteiger partial charge in [-0.2, -0.15) is 0 Å². The second kappa shape index (κ2) is 12.9. The second-order valence-electron chi connectivity index (χ2n) is 7.56.